The molecule has 0 heterocycles. The van der Waals surface area contributed by atoms with Gasteiger partial charge in [-0.1, -0.05) is 45.0 Å². The minimum absolute atomic E-state index is 0.0775. The molecule has 0 fully saturated rings. The van der Waals surface area contributed by atoms with E-state index in [-0.39, 0.29) is 16.9 Å². The molecule has 4 nitrogen and oxygen atoms in total. The van der Waals surface area contributed by atoms with Gasteiger partial charge in [0.1, 0.15) is 0 Å². The summed E-state index contributed by atoms with van der Waals surface area (Å²) in [6, 6.07) is 10.4. The molecule has 3 N–H and O–H groups in total. The largest absolute Gasteiger partial charge is 0.398 e. The van der Waals surface area contributed by atoms with Gasteiger partial charge in [-0.15, -0.1) is 0 Å². The number of hydrogen-bond donors (Lipinski definition) is 2. The van der Waals surface area contributed by atoms with Crippen LogP contribution in [0.2, 0.25) is 0 Å². The lowest BCUT2D eigenvalue weighted by Crippen LogP contribution is -2.38. The highest BCUT2D eigenvalue weighted by Gasteiger charge is 2.23. The number of benzene rings is 2. The maximum atomic E-state index is 12.7. The lowest BCUT2D eigenvalue weighted by Gasteiger charge is -2.21. The lowest BCUT2D eigenvalue weighted by atomic mass is 10.0. The van der Waals surface area contributed by atoms with E-state index >= 15 is 0 Å². The average Bonchev–Trinajstić information content (AvgIpc) is 2.45. The van der Waals surface area contributed by atoms with E-state index in [0.29, 0.717) is 11.1 Å². The maximum absolute atomic E-state index is 12.7. The summed E-state index contributed by atoms with van der Waals surface area (Å²) in [6.07, 6.45) is 0.754. The normalized spacial score (nSPS) is 13.7. The van der Waals surface area contributed by atoms with Crippen LogP contribution in [-0.4, -0.2) is 14.5 Å². The molecule has 0 aromatic heterocycles. The van der Waals surface area contributed by atoms with Gasteiger partial charge in [-0.3, -0.25) is 0 Å². The second-order valence-corrected chi connectivity index (χ2v) is 7.26. The topological polar surface area (TPSA) is 72.2 Å². The molecule has 114 valence electrons. The first-order valence-corrected chi connectivity index (χ1v) is 8.64. The van der Waals surface area contributed by atoms with E-state index in [1.165, 1.54) is 0 Å². The van der Waals surface area contributed by atoms with Crippen molar-refractivity contribution in [1.29, 1.82) is 0 Å². The SMILES string of the molecule is CCC(NS(=O)(=O)c1ccc(N)c2ccccc12)C(C)C. The highest BCUT2D eigenvalue weighted by Crippen LogP contribution is 2.28. The zero-order valence-electron chi connectivity index (χ0n) is 12.6. The van der Waals surface area contributed by atoms with Crippen molar-refractivity contribution in [3.8, 4) is 0 Å². The van der Waals surface area contributed by atoms with Gasteiger partial charge in [-0.25, -0.2) is 13.1 Å². The molecular weight excluding hydrogens is 284 g/mol. The van der Waals surface area contributed by atoms with Gasteiger partial charge in [-0.05, 0) is 24.5 Å². The maximum Gasteiger partial charge on any atom is 0.241 e. The third kappa shape index (κ3) is 3.19. The molecule has 2 aromatic rings. The highest BCUT2D eigenvalue weighted by molar-refractivity contribution is 7.89. The Bertz CT molecular complexity index is 739. The molecule has 0 amide bonds. The fraction of sp³-hybridized carbons (Fsp3) is 0.375. The van der Waals surface area contributed by atoms with E-state index in [1.807, 2.05) is 39.0 Å². The van der Waals surface area contributed by atoms with Crippen LogP contribution in [0.15, 0.2) is 41.3 Å². The number of fused-ring (bicyclic) bond motifs is 1. The Balaban J connectivity index is 2.53. The predicted molar refractivity (Wildman–Crippen MR) is 87.6 cm³/mol. The molecule has 5 heteroatoms. The predicted octanol–water partition coefficient (Wildman–Crippen LogP) is 3.13. The summed E-state index contributed by atoms with van der Waals surface area (Å²) in [6.45, 7) is 6.00. The van der Waals surface area contributed by atoms with Gasteiger partial charge in [-0.2, -0.15) is 0 Å². The van der Waals surface area contributed by atoms with E-state index in [9.17, 15) is 8.42 Å². The van der Waals surface area contributed by atoms with Gasteiger partial charge < -0.3 is 5.73 Å². The first-order valence-electron chi connectivity index (χ1n) is 7.16. The molecule has 1 unspecified atom stereocenters. The van der Waals surface area contributed by atoms with Crippen molar-refractivity contribution in [2.45, 2.75) is 38.1 Å². The minimum Gasteiger partial charge on any atom is -0.398 e. The van der Waals surface area contributed by atoms with Crippen LogP contribution in [0.1, 0.15) is 27.2 Å². The Kier molecular flexibility index (Phi) is 4.54. The number of nitrogens with one attached hydrogen (secondary N) is 1. The second-order valence-electron chi connectivity index (χ2n) is 5.58. The van der Waals surface area contributed by atoms with Crippen LogP contribution in [0, 0.1) is 5.92 Å². The zero-order valence-corrected chi connectivity index (χ0v) is 13.4. The summed E-state index contributed by atoms with van der Waals surface area (Å²) in [7, 11) is -3.57. The number of rotatable bonds is 5. The quantitative estimate of drug-likeness (QED) is 0.834. The van der Waals surface area contributed by atoms with Crippen LogP contribution >= 0.6 is 0 Å². The Hall–Kier alpha value is -1.59. The number of hydrogen-bond acceptors (Lipinski definition) is 3. The van der Waals surface area contributed by atoms with E-state index in [1.54, 1.807) is 18.2 Å². The first kappa shape index (κ1) is 15.8. The molecular formula is C16H22N2O2S. The van der Waals surface area contributed by atoms with Crippen LogP contribution in [0.25, 0.3) is 10.8 Å². The van der Waals surface area contributed by atoms with Crippen molar-refractivity contribution in [3.63, 3.8) is 0 Å². The van der Waals surface area contributed by atoms with Crippen LogP contribution < -0.4 is 10.5 Å². The Labute approximate surface area is 126 Å². The Morgan fingerprint density at radius 1 is 1.10 bits per heavy atom. The molecule has 0 aliphatic carbocycles. The van der Waals surface area contributed by atoms with Crippen molar-refractivity contribution >= 4 is 26.5 Å². The van der Waals surface area contributed by atoms with Crippen molar-refractivity contribution < 1.29 is 8.42 Å². The third-order valence-corrected chi connectivity index (χ3v) is 5.31. The zero-order chi connectivity index (χ0) is 15.6. The molecule has 0 aliphatic rings. The Morgan fingerprint density at radius 3 is 2.29 bits per heavy atom. The standard InChI is InChI=1S/C16H22N2O2S/c1-4-15(11(2)3)18-21(19,20)16-10-9-14(17)12-7-5-6-8-13(12)16/h5-11,15,18H,4,17H2,1-3H3. The van der Waals surface area contributed by atoms with Crippen molar-refractivity contribution in [2.75, 3.05) is 5.73 Å². The van der Waals surface area contributed by atoms with Crippen molar-refractivity contribution in [1.82, 2.24) is 4.72 Å². The molecule has 0 radical (unpaired) electrons. The number of sulfonamides is 1. The van der Waals surface area contributed by atoms with Gasteiger partial charge in [0.25, 0.3) is 0 Å². The third-order valence-electron chi connectivity index (χ3n) is 3.76. The molecule has 0 aliphatic heterocycles. The van der Waals surface area contributed by atoms with E-state index in [0.717, 1.165) is 11.8 Å². The molecule has 0 bridgehead atoms. The van der Waals surface area contributed by atoms with Crippen molar-refractivity contribution in [2.24, 2.45) is 5.92 Å². The van der Waals surface area contributed by atoms with Crippen molar-refractivity contribution in [3.05, 3.63) is 36.4 Å². The summed E-state index contributed by atoms with van der Waals surface area (Å²) in [5.74, 6) is 0.241. The molecule has 21 heavy (non-hydrogen) atoms. The number of nitrogens with two attached hydrogens (primary N) is 1. The van der Waals surface area contributed by atoms with Gasteiger partial charge in [0, 0.05) is 22.5 Å². The van der Waals surface area contributed by atoms with Crippen LogP contribution in [-0.2, 0) is 10.0 Å². The fourth-order valence-corrected chi connectivity index (χ4v) is 4.16. The van der Waals surface area contributed by atoms with Gasteiger partial charge in [0.15, 0.2) is 0 Å². The van der Waals surface area contributed by atoms with E-state index in [4.69, 9.17) is 5.73 Å². The van der Waals surface area contributed by atoms with Gasteiger partial charge in [0.05, 0.1) is 4.90 Å². The number of anilines is 1. The minimum atomic E-state index is -3.57. The molecule has 2 rings (SSSR count). The Morgan fingerprint density at radius 2 is 1.71 bits per heavy atom. The molecule has 0 spiro atoms. The van der Waals surface area contributed by atoms with Crippen LogP contribution in [0.4, 0.5) is 5.69 Å². The van der Waals surface area contributed by atoms with E-state index in [2.05, 4.69) is 4.72 Å². The second kappa shape index (κ2) is 6.03. The van der Waals surface area contributed by atoms with Gasteiger partial charge >= 0.3 is 0 Å². The monoisotopic (exact) mass is 306 g/mol. The summed E-state index contributed by atoms with van der Waals surface area (Å²) in [4.78, 5) is 0.284. The molecule has 0 saturated heterocycles. The van der Waals surface area contributed by atoms with Crippen LogP contribution in [0.5, 0.6) is 0 Å². The lowest BCUT2D eigenvalue weighted by molar-refractivity contribution is 0.437. The average molecular weight is 306 g/mol. The summed E-state index contributed by atoms with van der Waals surface area (Å²) in [5, 5.41) is 1.42. The smallest absolute Gasteiger partial charge is 0.241 e. The molecule has 1 atom stereocenters. The fourth-order valence-electron chi connectivity index (χ4n) is 2.48. The van der Waals surface area contributed by atoms with Gasteiger partial charge in [0.2, 0.25) is 10.0 Å². The summed E-state index contributed by atoms with van der Waals surface area (Å²) >= 11 is 0. The molecule has 2 aromatic carbocycles. The van der Waals surface area contributed by atoms with E-state index < -0.39 is 10.0 Å². The van der Waals surface area contributed by atoms with Crippen LogP contribution in [0.3, 0.4) is 0 Å². The first-order chi connectivity index (χ1) is 9.86. The summed E-state index contributed by atoms with van der Waals surface area (Å²) in [5.41, 5.74) is 6.51. The highest BCUT2D eigenvalue weighted by atomic mass is 32.2. The summed E-state index contributed by atoms with van der Waals surface area (Å²) < 4.78 is 28.2. The number of nitrogen functional groups attached to an aromatic ring is 1. The molecule has 0 saturated carbocycles.